The SMILES string of the molecule is CCOC(=O)N1CCC(NC(=O)CCNc2cc(Cl)ccc2Cl)CC1. The molecule has 6 nitrogen and oxygen atoms in total. The van der Waals surface area contributed by atoms with Crippen LogP contribution in [0.25, 0.3) is 0 Å². The van der Waals surface area contributed by atoms with Gasteiger partial charge in [0.25, 0.3) is 0 Å². The lowest BCUT2D eigenvalue weighted by molar-refractivity contribution is -0.121. The third-order valence-corrected chi connectivity index (χ3v) is 4.55. The van der Waals surface area contributed by atoms with Crippen LogP contribution in [0.2, 0.25) is 10.0 Å². The Hall–Kier alpha value is -1.66. The van der Waals surface area contributed by atoms with Gasteiger partial charge in [-0.15, -0.1) is 0 Å². The van der Waals surface area contributed by atoms with Crippen molar-refractivity contribution < 1.29 is 14.3 Å². The summed E-state index contributed by atoms with van der Waals surface area (Å²) in [6.45, 7) is 3.82. The number of hydrogen-bond donors (Lipinski definition) is 2. The van der Waals surface area contributed by atoms with Gasteiger partial charge < -0.3 is 20.3 Å². The third-order valence-electron chi connectivity index (χ3n) is 3.98. The summed E-state index contributed by atoms with van der Waals surface area (Å²) >= 11 is 12.0. The number of piperidine rings is 1. The van der Waals surface area contributed by atoms with Crippen molar-refractivity contribution in [2.45, 2.75) is 32.2 Å². The first-order valence-electron chi connectivity index (χ1n) is 8.39. The number of benzene rings is 1. The van der Waals surface area contributed by atoms with Gasteiger partial charge in [0.1, 0.15) is 0 Å². The molecule has 0 aromatic heterocycles. The average molecular weight is 388 g/mol. The van der Waals surface area contributed by atoms with Gasteiger partial charge in [0.2, 0.25) is 5.91 Å². The second kappa shape index (κ2) is 9.73. The Morgan fingerprint density at radius 3 is 2.68 bits per heavy atom. The number of anilines is 1. The van der Waals surface area contributed by atoms with Crippen LogP contribution in [0, 0.1) is 0 Å². The lowest BCUT2D eigenvalue weighted by Gasteiger charge is -2.31. The summed E-state index contributed by atoms with van der Waals surface area (Å²) < 4.78 is 4.98. The minimum absolute atomic E-state index is 0.0276. The van der Waals surface area contributed by atoms with Crippen LogP contribution in [0.15, 0.2) is 18.2 Å². The van der Waals surface area contributed by atoms with Crippen LogP contribution in [0.4, 0.5) is 10.5 Å². The molecule has 1 saturated heterocycles. The molecule has 25 heavy (non-hydrogen) atoms. The molecule has 0 radical (unpaired) electrons. The third kappa shape index (κ3) is 6.29. The molecule has 1 aromatic rings. The summed E-state index contributed by atoms with van der Waals surface area (Å²) in [6.07, 6.45) is 1.52. The van der Waals surface area contributed by atoms with E-state index in [2.05, 4.69) is 10.6 Å². The number of hydrogen-bond acceptors (Lipinski definition) is 4. The van der Waals surface area contributed by atoms with Crippen molar-refractivity contribution in [1.82, 2.24) is 10.2 Å². The Kier molecular flexibility index (Phi) is 7.65. The molecular weight excluding hydrogens is 365 g/mol. The number of nitrogens with zero attached hydrogens (tertiary/aromatic N) is 1. The van der Waals surface area contributed by atoms with Crippen molar-refractivity contribution in [3.05, 3.63) is 28.2 Å². The fourth-order valence-electron chi connectivity index (χ4n) is 2.66. The maximum Gasteiger partial charge on any atom is 0.409 e. The maximum atomic E-state index is 12.1. The van der Waals surface area contributed by atoms with Gasteiger partial charge in [-0.25, -0.2) is 4.79 Å². The molecule has 1 aromatic carbocycles. The fourth-order valence-corrected chi connectivity index (χ4v) is 3.02. The van der Waals surface area contributed by atoms with Gasteiger partial charge in [0, 0.05) is 37.1 Å². The smallest absolute Gasteiger partial charge is 0.409 e. The van der Waals surface area contributed by atoms with Gasteiger partial charge in [0.15, 0.2) is 0 Å². The molecule has 0 unspecified atom stereocenters. The Bertz CT molecular complexity index is 605. The summed E-state index contributed by atoms with van der Waals surface area (Å²) in [5.74, 6) is -0.0276. The first kappa shape index (κ1) is 19.7. The van der Waals surface area contributed by atoms with Crippen molar-refractivity contribution in [1.29, 1.82) is 0 Å². The van der Waals surface area contributed by atoms with Crippen LogP contribution in [-0.4, -0.2) is 49.2 Å². The van der Waals surface area contributed by atoms with E-state index in [-0.39, 0.29) is 18.0 Å². The highest BCUT2D eigenvalue weighted by molar-refractivity contribution is 6.35. The summed E-state index contributed by atoms with van der Waals surface area (Å²) in [5, 5.41) is 7.27. The highest BCUT2D eigenvalue weighted by Gasteiger charge is 2.24. The molecule has 8 heteroatoms. The quantitative estimate of drug-likeness (QED) is 0.782. The zero-order chi connectivity index (χ0) is 18.2. The van der Waals surface area contributed by atoms with E-state index in [0.29, 0.717) is 48.4 Å². The molecule has 138 valence electrons. The number of nitrogens with one attached hydrogen (secondary N) is 2. The molecule has 2 amide bonds. The van der Waals surface area contributed by atoms with Gasteiger partial charge in [-0.2, -0.15) is 0 Å². The fraction of sp³-hybridized carbons (Fsp3) is 0.529. The number of ether oxygens (including phenoxy) is 1. The Morgan fingerprint density at radius 2 is 2.00 bits per heavy atom. The van der Waals surface area contributed by atoms with Gasteiger partial charge in [-0.3, -0.25) is 4.79 Å². The Morgan fingerprint density at radius 1 is 1.28 bits per heavy atom. The van der Waals surface area contributed by atoms with Crippen LogP contribution in [0.1, 0.15) is 26.2 Å². The molecular formula is C17H23Cl2N3O3. The van der Waals surface area contributed by atoms with E-state index < -0.39 is 0 Å². The van der Waals surface area contributed by atoms with Crippen molar-refractivity contribution >= 4 is 40.9 Å². The molecule has 0 bridgehead atoms. The Labute approximate surface area is 157 Å². The van der Waals surface area contributed by atoms with E-state index in [1.54, 1.807) is 30.0 Å². The van der Waals surface area contributed by atoms with E-state index in [0.717, 1.165) is 12.8 Å². The van der Waals surface area contributed by atoms with E-state index in [9.17, 15) is 9.59 Å². The monoisotopic (exact) mass is 387 g/mol. The van der Waals surface area contributed by atoms with Crippen molar-refractivity contribution in [2.75, 3.05) is 31.6 Å². The molecule has 0 atom stereocenters. The number of amides is 2. The van der Waals surface area contributed by atoms with Crippen molar-refractivity contribution in [3.8, 4) is 0 Å². The number of halogens is 2. The maximum absolute atomic E-state index is 12.1. The van der Waals surface area contributed by atoms with Crippen LogP contribution in [0.3, 0.4) is 0 Å². The number of carbonyl (C=O) groups excluding carboxylic acids is 2. The van der Waals surface area contributed by atoms with E-state index in [1.807, 2.05) is 0 Å². The molecule has 2 rings (SSSR count). The molecule has 2 N–H and O–H groups in total. The predicted molar refractivity (Wildman–Crippen MR) is 99.3 cm³/mol. The first-order chi connectivity index (χ1) is 12.0. The average Bonchev–Trinajstić information content (AvgIpc) is 2.59. The number of rotatable bonds is 6. The minimum atomic E-state index is -0.283. The summed E-state index contributed by atoms with van der Waals surface area (Å²) in [5.41, 5.74) is 0.713. The second-order valence-corrected chi connectivity index (χ2v) is 6.67. The van der Waals surface area contributed by atoms with Gasteiger partial charge >= 0.3 is 6.09 Å². The zero-order valence-electron chi connectivity index (χ0n) is 14.2. The largest absolute Gasteiger partial charge is 0.450 e. The minimum Gasteiger partial charge on any atom is -0.450 e. The van der Waals surface area contributed by atoms with Gasteiger partial charge in [-0.05, 0) is 38.0 Å². The molecule has 0 spiro atoms. The number of likely N-dealkylation sites (tertiary alicyclic amines) is 1. The standard InChI is InChI=1S/C17H23Cl2N3O3/c1-2-25-17(24)22-9-6-13(7-10-22)21-16(23)5-8-20-15-11-12(18)3-4-14(15)19/h3-4,11,13,20H,2,5-10H2,1H3,(H,21,23). The van der Waals surface area contributed by atoms with E-state index in [4.69, 9.17) is 27.9 Å². The van der Waals surface area contributed by atoms with E-state index >= 15 is 0 Å². The second-order valence-electron chi connectivity index (χ2n) is 5.83. The summed E-state index contributed by atoms with van der Waals surface area (Å²) in [6, 6.07) is 5.24. The van der Waals surface area contributed by atoms with E-state index in [1.165, 1.54) is 0 Å². The van der Waals surface area contributed by atoms with Crippen LogP contribution >= 0.6 is 23.2 Å². The van der Waals surface area contributed by atoms with Crippen molar-refractivity contribution in [2.24, 2.45) is 0 Å². The molecule has 1 heterocycles. The lowest BCUT2D eigenvalue weighted by Crippen LogP contribution is -2.46. The van der Waals surface area contributed by atoms with Gasteiger partial charge in [-0.1, -0.05) is 23.2 Å². The summed E-state index contributed by atoms with van der Waals surface area (Å²) in [7, 11) is 0. The predicted octanol–water partition coefficient (Wildman–Crippen LogP) is 3.53. The number of carbonyl (C=O) groups is 2. The molecule has 0 saturated carbocycles. The first-order valence-corrected chi connectivity index (χ1v) is 9.15. The van der Waals surface area contributed by atoms with Crippen molar-refractivity contribution in [3.63, 3.8) is 0 Å². The normalized spacial score (nSPS) is 14.9. The van der Waals surface area contributed by atoms with Crippen LogP contribution < -0.4 is 10.6 Å². The molecule has 1 aliphatic rings. The summed E-state index contributed by atoms with van der Waals surface area (Å²) in [4.78, 5) is 25.4. The molecule has 1 fully saturated rings. The van der Waals surface area contributed by atoms with Gasteiger partial charge in [0.05, 0.1) is 17.3 Å². The highest BCUT2D eigenvalue weighted by atomic mass is 35.5. The zero-order valence-corrected chi connectivity index (χ0v) is 15.7. The highest BCUT2D eigenvalue weighted by Crippen LogP contribution is 2.25. The van der Waals surface area contributed by atoms with Crippen LogP contribution in [-0.2, 0) is 9.53 Å². The van der Waals surface area contributed by atoms with Crippen LogP contribution in [0.5, 0.6) is 0 Å². The molecule has 0 aliphatic carbocycles. The lowest BCUT2D eigenvalue weighted by atomic mass is 10.1. The topological polar surface area (TPSA) is 70.7 Å². The molecule has 1 aliphatic heterocycles. The Balaban J connectivity index is 1.67.